The number of aromatic nitrogens is 1. The summed E-state index contributed by atoms with van der Waals surface area (Å²) in [6, 6.07) is 8.92. The lowest BCUT2D eigenvalue weighted by atomic mass is 10.0. The van der Waals surface area contributed by atoms with Crippen LogP contribution >= 0.6 is 0 Å². The van der Waals surface area contributed by atoms with Crippen molar-refractivity contribution in [3.05, 3.63) is 48.2 Å². The molecule has 2 heterocycles. The molecule has 1 aliphatic rings. The maximum Gasteiger partial charge on any atom is 0.241 e. The first-order valence-electron chi connectivity index (χ1n) is 10.5. The zero-order valence-corrected chi connectivity index (χ0v) is 19.4. The van der Waals surface area contributed by atoms with Crippen molar-refractivity contribution >= 4 is 21.7 Å². The molecule has 0 spiro atoms. The SMILES string of the molecule is COc1ccc(S(=O)(=O)N[C@H](C(=O)NCc2ccc(N3CCOCC3)nc2)C(C)C)cc1. The van der Waals surface area contributed by atoms with Gasteiger partial charge in [0.2, 0.25) is 15.9 Å². The van der Waals surface area contributed by atoms with E-state index in [1.54, 1.807) is 32.2 Å². The van der Waals surface area contributed by atoms with E-state index >= 15 is 0 Å². The summed E-state index contributed by atoms with van der Waals surface area (Å²) in [7, 11) is -2.36. The Morgan fingerprint density at radius 1 is 1.16 bits per heavy atom. The van der Waals surface area contributed by atoms with E-state index < -0.39 is 22.0 Å². The fourth-order valence-corrected chi connectivity index (χ4v) is 4.63. The van der Waals surface area contributed by atoms with Gasteiger partial charge in [-0.15, -0.1) is 0 Å². The summed E-state index contributed by atoms with van der Waals surface area (Å²) < 4.78 is 38.5. The molecule has 2 aromatic rings. The molecule has 0 unspecified atom stereocenters. The number of nitrogens with one attached hydrogen (secondary N) is 2. The lowest BCUT2D eigenvalue weighted by molar-refractivity contribution is -0.123. The summed E-state index contributed by atoms with van der Waals surface area (Å²) in [5.74, 6) is 0.783. The minimum Gasteiger partial charge on any atom is -0.497 e. The summed E-state index contributed by atoms with van der Waals surface area (Å²) in [4.78, 5) is 19.5. The minimum atomic E-state index is -3.87. The third-order valence-corrected chi connectivity index (χ3v) is 6.67. The predicted octanol–water partition coefficient (Wildman–Crippen LogP) is 1.55. The van der Waals surface area contributed by atoms with Crippen molar-refractivity contribution in [2.24, 2.45) is 5.92 Å². The topological polar surface area (TPSA) is 110 Å². The normalized spacial score (nSPS) is 15.4. The number of sulfonamides is 1. The second-order valence-electron chi connectivity index (χ2n) is 7.86. The van der Waals surface area contributed by atoms with E-state index in [4.69, 9.17) is 9.47 Å². The van der Waals surface area contributed by atoms with Gasteiger partial charge < -0.3 is 19.7 Å². The monoisotopic (exact) mass is 462 g/mol. The van der Waals surface area contributed by atoms with Gasteiger partial charge in [0.15, 0.2) is 0 Å². The van der Waals surface area contributed by atoms with E-state index in [1.165, 1.54) is 19.2 Å². The fourth-order valence-electron chi connectivity index (χ4n) is 3.28. The first-order valence-corrected chi connectivity index (χ1v) is 12.0. The molecule has 0 aliphatic carbocycles. The summed E-state index contributed by atoms with van der Waals surface area (Å²) in [6.07, 6.45) is 1.72. The zero-order chi connectivity index (χ0) is 23.1. The highest BCUT2D eigenvalue weighted by Crippen LogP contribution is 2.17. The molecule has 174 valence electrons. The van der Waals surface area contributed by atoms with E-state index in [9.17, 15) is 13.2 Å². The molecule has 1 amide bonds. The molecule has 1 saturated heterocycles. The van der Waals surface area contributed by atoms with Gasteiger partial charge in [-0.05, 0) is 41.8 Å². The van der Waals surface area contributed by atoms with E-state index in [0.29, 0.717) is 19.0 Å². The molecule has 1 atom stereocenters. The molecule has 1 aromatic carbocycles. The Labute approximate surface area is 189 Å². The Morgan fingerprint density at radius 2 is 1.84 bits per heavy atom. The molecular formula is C22H30N4O5S. The van der Waals surface area contributed by atoms with Gasteiger partial charge in [-0.2, -0.15) is 4.72 Å². The number of nitrogens with zero attached hydrogens (tertiary/aromatic N) is 2. The molecule has 1 aliphatic heterocycles. The van der Waals surface area contributed by atoms with Gasteiger partial charge in [-0.3, -0.25) is 4.79 Å². The Kier molecular flexibility index (Phi) is 8.05. The van der Waals surface area contributed by atoms with E-state index in [0.717, 1.165) is 24.5 Å². The Hall–Kier alpha value is -2.69. The maximum absolute atomic E-state index is 12.8. The molecule has 0 radical (unpaired) electrons. The quantitative estimate of drug-likeness (QED) is 0.582. The largest absolute Gasteiger partial charge is 0.497 e. The smallest absolute Gasteiger partial charge is 0.241 e. The number of hydrogen-bond acceptors (Lipinski definition) is 7. The van der Waals surface area contributed by atoms with E-state index in [-0.39, 0.29) is 17.4 Å². The molecule has 1 fully saturated rings. The van der Waals surface area contributed by atoms with Crippen LogP contribution in [0.15, 0.2) is 47.5 Å². The van der Waals surface area contributed by atoms with E-state index in [1.807, 2.05) is 12.1 Å². The second-order valence-corrected chi connectivity index (χ2v) is 9.57. The van der Waals surface area contributed by atoms with Crippen molar-refractivity contribution in [2.75, 3.05) is 38.3 Å². The van der Waals surface area contributed by atoms with Crippen molar-refractivity contribution in [3.8, 4) is 5.75 Å². The number of methoxy groups -OCH3 is 1. The molecule has 9 nitrogen and oxygen atoms in total. The molecule has 10 heteroatoms. The van der Waals surface area contributed by atoms with Crippen LogP contribution in [0.5, 0.6) is 5.75 Å². The molecule has 3 rings (SSSR count). The van der Waals surface area contributed by atoms with Crippen molar-refractivity contribution in [1.29, 1.82) is 0 Å². The predicted molar refractivity (Wildman–Crippen MR) is 121 cm³/mol. The number of morpholine rings is 1. The van der Waals surface area contributed by atoms with Gasteiger partial charge in [-0.25, -0.2) is 13.4 Å². The zero-order valence-electron chi connectivity index (χ0n) is 18.6. The summed E-state index contributed by atoms with van der Waals surface area (Å²) in [5.41, 5.74) is 0.830. The van der Waals surface area contributed by atoms with Gasteiger partial charge in [0.25, 0.3) is 0 Å². The molecular weight excluding hydrogens is 432 g/mol. The number of benzene rings is 1. The number of carbonyl (C=O) groups is 1. The van der Waals surface area contributed by atoms with Crippen LogP contribution in [0.1, 0.15) is 19.4 Å². The number of amides is 1. The molecule has 0 bridgehead atoms. The number of anilines is 1. The van der Waals surface area contributed by atoms with Crippen LogP contribution in [-0.2, 0) is 26.1 Å². The fraction of sp³-hybridized carbons (Fsp3) is 0.455. The van der Waals surface area contributed by atoms with Crippen LogP contribution in [0.4, 0.5) is 5.82 Å². The molecule has 32 heavy (non-hydrogen) atoms. The summed E-state index contributed by atoms with van der Waals surface area (Å²) in [6.45, 7) is 6.80. The Balaban J connectivity index is 1.61. The van der Waals surface area contributed by atoms with Gasteiger partial charge in [0, 0.05) is 25.8 Å². The van der Waals surface area contributed by atoms with Crippen LogP contribution in [0.25, 0.3) is 0 Å². The van der Waals surface area contributed by atoms with Crippen molar-refractivity contribution in [3.63, 3.8) is 0 Å². The molecule has 2 N–H and O–H groups in total. The van der Waals surface area contributed by atoms with Crippen molar-refractivity contribution in [1.82, 2.24) is 15.0 Å². The third kappa shape index (κ3) is 6.18. The van der Waals surface area contributed by atoms with Crippen molar-refractivity contribution < 1.29 is 22.7 Å². The average molecular weight is 463 g/mol. The highest BCUT2D eigenvalue weighted by Gasteiger charge is 2.28. The number of hydrogen-bond donors (Lipinski definition) is 2. The number of ether oxygens (including phenoxy) is 2. The summed E-state index contributed by atoms with van der Waals surface area (Å²) in [5, 5.41) is 2.81. The van der Waals surface area contributed by atoms with Gasteiger partial charge >= 0.3 is 0 Å². The van der Waals surface area contributed by atoms with Gasteiger partial charge in [-0.1, -0.05) is 19.9 Å². The van der Waals surface area contributed by atoms with Crippen LogP contribution in [0.3, 0.4) is 0 Å². The van der Waals surface area contributed by atoms with Gasteiger partial charge in [0.05, 0.1) is 25.2 Å². The standard InChI is InChI=1S/C22H30N4O5S/c1-16(2)21(25-32(28,29)19-7-5-18(30-3)6-8-19)22(27)24-15-17-4-9-20(23-14-17)26-10-12-31-13-11-26/h4-9,14,16,21,25H,10-13,15H2,1-3H3,(H,24,27)/t21-/m0/s1. The highest BCUT2D eigenvalue weighted by atomic mass is 32.2. The van der Waals surface area contributed by atoms with Crippen LogP contribution in [0, 0.1) is 5.92 Å². The van der Waals surface area contributed by atoms with Gasteiger partial charge in [0.1, 0.15) is 17.6 Å². The Morgan fingerprint density at radius 3 is 2.41 bits per heavy atom. The van der Waals surface area contributed by atoms with E-state index in [2.05, 4.69) is 19.9 Å². The summed E-state index contributed by atoms with van der Waals surface area (Å²) >= 11 is 0. The maximum atomic E-state index is 12.8. The first-order chi connectivity index (χ1) is 15.3. The second kappa shape index (κ2) is 10.8. The lowest BCUT2D eigenvalue weighted by Crippen LogP contribution is -2.49. The van der Waals surface area contributed by atoms with Crippen LogP contribution in [0.2, 0.25) is 0 Å². The average Bonchev–Trinajstić information content (AvgIpc) is 2.82. The minimum absolute atomic E-state index is 0.0691. The highest BCUT2D eigenvalue weighted by molar-refractivity contribution is 7.89. The third-order valence-electron chi connectivity index (χ3n) is 5.21. The molecule has 1 aromatic heterocycles. The lowest BCUT2D eigenvalue weighted by Gasteiger charge is -2.27. The van der Waals surface area contributed by atoms with Crippen molar-refractivity contribution in [2.45, 2.75) is 31.3 Å². The Bertz CT molecular complexity index is 988. The number of carbonyl (C=O) groups excluding carboxylic acids is 1. The van der Waals surface area contributed by atoms with Crippen LogP contribution < -0.4 is 19.7 Å². The number of rotatable bonds is 9. The first kappa shape index (κ1) is 24.0. The number of pyridine rings is 1. The van der Waals surface area contributed by atoms with Crippen LogP contribution in [-0.4, -0.2) is 58.8 Å². The molecule has 0 saturated carbocycles.